The van der Waals surface area contributed by atoms with Gasteiger partial charge in [0.25, 0.3) is 0 Å². The molecule has 0 fully saturated rings. The number of halogens is 3. The van der Waals surface area contributed by atoms with Crippen molar-refractivity contribution in [3.05, 3.63) is 64.1 Å². The van der Waals surface area contributed by atoms with E-state index in [0.717, 1.165) is 19.2 Å². The lowest BCUT2D eigenvalue weighted by Gasteiger charge is -2.28. The molecule has 0 saturated carbocycles. The third-order valence-electron chi connectivity index (χ3n) is 4.44. The Bertz CT molecular complexity index is 898. The predicted octanol–water partition coefficient (Wildman–Crippen LogP) is 5.60. The number of nitrogens with one attached hydrogen (secondary N) is 2. The molecule has 0 aliphatic rings. The van der Waals surface area contributed by atoms with Crippen molar-refractivity contribution in [2.24, 2.45) is 5.18 Å². The number of urea groups is 1. The molecule has 29 heavy (non-hydrogen) atoms. The molecule has 2 N–H and O–H groups in total. The first kappa shape index (κ1) is 22.2. The van der Waals surface area contributed by atoms with Gasteiger partial charge in [-0.1, -0.05) is 29.4 Å². The maximum Gasteiger partial charge on any atom is 0.420 e. The number of hydrogen-bond acceptors (Lipinski definition) is 4. The Labute approximate surface area is 166 Å². The number of carbonyl (C=O) groups is 1. The third-order valence-corrected chi connectivity index (χ3v) is 4.44. The summed E-state index contributed by atoms with van der Waals surface area (Å²) in [4.78, 5) is 23.2. The number of alkyl halides is 3. The van der Waals surface area contributed by atoms with Crippen molar-refractivity contribution >= 4 is 11.7 Å². The molecular weight excluding hydrogens is 387 g/mol. The van der Waals surface area contributed by atoms with Gasteiger partial charge < -0.3 is 15.4 Å². The SMILES string of the molecule is COc1ccc(NC(=O)NC(C)(C)c2cccc(C(C)N=O)c2)cc1C(F)(F)F. The summed E-state index contributed by atoms with van der Waals surface area (Å²) in [6, 6.07) is 9.06. The molecule has 0 spiro atoms. The molecule has 0 aromatic heterocycles. The van der Waals surface area contributed by atoms with Gasteiger partial charge in [-0.25, -0.2) is 4.79 Å². The molecular formula is C20H22F3N3O3. The van der Waals surface area contributed by atoms with Crippen LogP contribution in [0.1, 0.15) is 43.5 Å². The Morgan fingerprint density at radius 2 is 1.83 bits per heavy atom. The van der Waals surface area contributed by atoms with Crippen molar-refractivity contribution < 1.29 is 22.7 Å². The van der Waals surface area contributed by atoms with Gasteiger partial charge in [0, 0.05) is 5.69 Å². The van der Waals surface area contributed by atoms with Crippen LogP contribution in [0.4, 0.5) is 23.7 Å². The van der Waals surface area contributed by atoms with Crippen molar-refractivity contribution in [1.29, 1.82) is 0 Å². The Morgan fingerprint density at radius 3 is 2.41 bits per heavy atom. The molecule has 2 amide bonds. The minimum atomic E-state index is -4.62. The van der Waals surface area contributed by atoms with Gasteiger partial charge in [0.05, 0.1) is 18.2 Å². The van der Waals surface area contributed by atoms with E-state index in [1.54, 1.807) is 45.0 Å². The second-order valence-corrected chi connectivity index (χ2v) is 7.02. The highest BCUT2D eigenvalue weighted by molar-refractivity contribution is 5.90. The first-order valence-corrected chi connectivity index (χ1v) is 8.75. The van der Waals surface area contributed by atoms with E-state index < -0.39 is 29.4 Å². The quantitative estimate of drug-likeness (QED) is 0.610. The molecule has 2 rings (SSSR count). The van der Waals surface area contributed by atoms with Crippen molar-refractivity contribution in [3.8, 4) is 5.75 Å². The van der Waals surface area contributed by atoms with E-state index in [0.29, 0.717) is 11.1 Å². The predicted molar refractivity (Wildman–Crippen MR) is 104 cm³/mol. The summed E-state index contributed by atoms with van der Waals surface area (Å²) in [5.41, 5.74) is -0.467. The Balaban J connectivity index is 2.19. The molecule has 0 radical (unpaired) electrons. The van der Waals surface area contributed by atoms with Gasteiger partial charge in [0.15, 0.2) is 0 Å². The van der Waals surface area contributed by atoms with Crippen molar-refractivity contribution in [1.82, 2.24) is 5.32 Å². The fourth-order valence-electron chi connectivity index (χ4n) is 2.77. The molecule has 0 aliphatic carbocycles. The molecule has 0 bridgehead atoms. The van der Waals surface area contributed by atoms with E-state index in [4.69, 9.17) is 4.74 Å². The van der Waals surface area contributed by atoms with Crippen LogP contribution < -0.4 is 15.4 Å². The molecule has 6 nitrogen and oxygen atoms in total. The highest BCUT2D eigenvalue weighted by atomic mass is 19.4. The van der Waals surface area contributed by atoms with Gasteiger partial charge in [-0.05, 0) is 50.1 Å². The Morgan fingerprint density at radius 1 is 1.14 bits per heavy atom. The third kappa shape index (κ3) is 5.46. The van der Waals surface area contributed by atoms with Crippen LogP contribution in [0.5, 0.6) is 5.75 Å². The molecule has 2 aromatic rings. The average Bonchev–Trinajstić information content (AvgIpc) is 2.66. The fraction of sp³-hybridized carbons (Fsp3) is 0.350. The van der Waals surface area contributed by atoms with Crippen molar-refractivity contribution in [2.75, 3.05) is 12.4 Å². The van der Waals surface area contributed by atoms with Crippen molar-refractivity contribution in [3.63, 3.8) is 0 Å². The highest BCUT2D eigenvalue weighted by Gasteiger charge is 2.34. The van der Waals surface area contributed by atoms with Crippen LogP contribution in [-0.2, 0) is 11.7 Å². The monoisotopic (exact) mass is 409 g/mol. The zero-order valence-electron chi connectivity index (χ0n) is 16.4. The summed E-state index contributed by atoms with van der Waals surface area (Å²) >= 11 is 0. The van der Waals surface area contributed by atoms with Crippen LogP contribution in [-0.4, -0.2) is 13.1 Å². The van der Waals surface area contributed by atoms with Gasteiger partial charge in [-0.3, -0.25) is 0 Å². The summed E-state index contributed by atoms with van der Waals surface area (Å²) in [6.45, 7) is 5.13. The largest absolute Gasteiger partial charge is 0.496 e. The summed E-state index contributed by atoms with van der Waals surface area (Å²) < 4.78 is 44.1. The standard InChI is InChI=1S/C20H22F3N3O3/c1-12(26-28)13-6-5-7-14(10-13)19(2,3)25-18(27)24-15-8-9-17(29-4)16(11-15)20(21,22)23/h5-12H,1-4H3,(H2,24,25,27). The lowest BCUT2D eigenvalue weighted by Crippen LogP contribution is -2.43. The van der Waals surface area contributed by atoms with E-state index in [1.807, 2.05) is 0 Å². The molecule has 1 unspecified atom stereocenters. The second kappa shape index (κ2) is 8.50. The normalized spacial score (nSPS) is 12.8. The zero-order valence-corrected chi connectivity index (χ0v) is 16.4. The number of nitroso groups, excluding NO2 is 1. The van der Waals surface area contributed by atoms with Crippen molar-refractivity contribution in [2.45, 2.75) is 38.5 Å². The molecule has 2 aromatic carbocycles. The smallest absolute Gasteiger partial charge is 0.420 e. The number of ether oxygens (including phenoxy) is 1. The van der Waals surface area contributed by atoms with Gasteiger partial charge >= 0.3 is 12.2 Å². The molecule has 0 aliphatic heterocycles. The second-order valence-electron chi connectivity index (χ2n) is 7.02. The van der Waals surface area contributed by atoms with Crippen LogP contribution in [0.15, 0.2) is 47.6 Å². The first-order valence-electron chi connectivity index (χ1n) is 8.75. The van der Waals surface area contributed by atoms with E-state index >= 15 is 0 Å². The van der Waals surface area contributed by atoms with Gasteiger partial charge in [0.2, 0.25) is 0 Å². The number of benzene rings is 2. The minimum Gasteiger partial charge on any atom is -0.496 e. The maximum absolute atomic E-state index is 13.1. The number of rotatable bonds is 6. The summed E-state index contributed by atoms with van der Waals surface area (Å²) in [6.07, 6.45) is -4.62. The minimum absolute atomic E-state index is 0.0287. The average molecular weight is 409 g/mol. The number of methoxy groups -OCH3 is 1. The van der Waals surface area contributed by atoms with Gasteiger partial charge in [0.1, 0.15) is 11.8 Å². The topological polar surface area (TPSA) is 79.8 Å². The lowest BCUT2D eigenvalue weighted by atomic mass is 9.92. The molecule has 0 heterocycles. The number of amides is 2. The first-order chi connectivity index (χ1) is 13.5. The summed E-state index contributed by atoms with van der Waals surface area (Å²) in [7, 11) is 1.14. The van der Waals surface area contributed by atoms with Crippen LogP contribution in [0.25, 0.3) is 0 Å². The zero-order chi connectivity index (χ0) is 21.8. The fourth-order valence-corrected chi connectivity index (χ4v) is 2.77. The van der Waals surface area contributed by atoms with Crippen LogP contribution >= 0.6 is 0 Å². The van der Waals surface area contributed by atoms with E-state index in [-0.39, 0.29) is 11.4 Å². The Kier molecular flexibility index (Phi) is 6.51. The van der Waals surface area contributed by atoms with E-state index in [1.165, 1.54) is 6.07 Å². The molecule has 156 valence electrons. The van der Waals surface area contributed by atoms with Crippen LogP contribution in [0, 0.1) is 4.91 Å². The van der Waals surface area contributed by atoms with E-state index in [9.17, 15) is 22.9 Å². The lowest BCUT2D eigenvalue weighted by molar-refractivity contribution is -0.138. The highest BCUT2D eigenvalue weighted by Crippen LogP contribution is 2.37. The number of anilines is 1. The number of nitrogens with zero attached hydrogens (tertiary/aromatic N) is 1. The van der Waals surface area contributed by atoms with Gasteiger partial charge in [-0.15, -0.1) is 0 Å². The van der Waals surface area contributed by atoms with Crippen LogP contribution in [0.2, 0.25) is 0 Å². The summed E-state index contributed by atoms with van der Waals surface area (Å²) in [5.74, 6) is -0.335. The van der Waals surface area contributed by atoms with E-state index in [2.05, 4.69) is 15.8 Å². The summed E-state index contributed by atoms with van der Waals surface area (Å²) in [5, 5.41) is 8.12. The maximum atomic E-state index is 13.1. The van der Waals surface area contributed by atoms with Gasteiger partial charge in [-0.2, -0.15) is 18.1 Å². The van der Waals surface area contributed by atoms with Crippen LogP contribution in [0.3, 0.4) is 0 Å². The Hall–Kier alpha value is -3.10. The molecule has 1 atom stereocenters. The molecule has 9 heteroatoms. The molecule has 0 saturated heterocycles. The number of hydrogen-bond donors (Lipinski definition) is 2. The number of carbonyl (C=O) groups excluding carboxylic acids is 1.